The van der Waals surface area contributed by atoms with Crippen LogP contribution in [0.25, 0.3) is 0 Å². The van der Waals surface area contributed by atoms with Crippen LogP contribution in [0.5, 0.6) is 0 Å². The molecule has 1 saturated heterocycles. The summed E-state index contributed by atoms with van der Waals surface area (Å²) in [5.41, 5.74) is 1.39. The van der Waals surface area contributed by atoms with Crippen LogP contribution in [0.2, 0.25) is 0 Å². The second-order valence-corrected chi connectivity index (χ2v) is 5.28. The third kappa shape index (κ3) is 3.72. The lowest BCUT2D eigenvalue weighted by molar-refractivity contribution is -0.150. The molecule has 5 heteroatoms. The van der Waals surface area contributed by atoms with Crippen molar-refractivity contribution in [1.29, 1.82) is 0 Å². The highest BCUT2D eigenvalue weighted by Gasteiger charge is 2.41. The fourth-order valence-electron chi connectivity index (χ4n) is 2.43. The first-order chi connectivity index (χ1) is 9.06. The molecule has 0 aromatic heterocycles. The van der Waals surface area contributed by atoms with E-state index in [9.17, 15) is 9.59 Å². The van der Waals surface area contributed by atoms with Gasteiger partial charge in [0.1, 0.15) is 12.1 Å². The Labute approximate surface area is 120 Å². The van der Waals surface area contributed by atoms with Gasteiger partial charge < -0.3 is 10.2 Å². The highest BCUT2D eigenvalue weighted by molar-refractivity contribution is 6.25. The number of amides is 2. The predicted octanol–water partition coefficient (Wildman–Crippen LogP) is 2.28. The van der Waals surface area contributed by atoms with Crippen molar-refractivity contribution < 1.29 is 9.59 Å². The van der Waals surface area contributed by atoms with Gasteiger partial charge in [0.15, 0.2) is 0 Å². The predicted molar refractivity (Wildman–Crippen MR) is 76.8 cm³/mol. The molecule has 3 unspecified atom stereocenters. The lowest BCUT2D eigenvalue weighted by atomic mass is 9.92. The molecular formula is C14H23ClN2O2. The van der Waals surface area contributed by atoms with Crippen molar-refractivity contribution >= 4 is 23.4 Å². The number of nitrogens with zero attached hydrogens (tertiary/aromatic N) is 1. The first-order valence-corrected chi connectivity index (χ1v) is 7.36. The van der Waals surface area contributed by atoms with Crippen LogP contribution >= 0.6 is 11.6 Å². The van der Waals surface area contributed by atoms with Crippen molar-refractivity contribution in [2.75, 3.05) is 6.54 Å². The van der Waals surface area contributed by atoms with Gasteiger partial charge in [0.05, 0.1) is 0 Å². The summed E-state index contributed by atoms with van der Waals surface area (Å²) in [5, 5.41) is 2.85. The van der Waals surface area contributed by atoms with E-state index >= 15 is 0 Å². The first kappa shape index (κ1) is 16.0. The van der Waals surface area contributed by atoms with Crippen molar-refractivity contribution in [3.05, 3.63) is 11.6 Å². The second-order valence-electron chi connectivity index (χ2n) is 5.03. The molecule has 19 heavy (non-hydrogen) atoms. The van der Waals surface area contributed by atoms with E-state index in [0.717, 1.165) is 12.8 Å². The summed E-state index contributed by atoms with van der Waals surface area (Å²) >= 11 is 5.54. The zero-order valence-electron chi connectivity index (χ0n) is 11.9. The SMILES string of the molecule is CCCC1NC(=O)C(C(C)CC)N(C/C=C/Cl)C1=O. The molecule has 1 N–H and O–H groups in total. The largest absolute Gasteiger partial charge is 0.342 e. The molecule has 1 heterocycles. The van der Waals surface area contributed by atoms with Crippen LogP contribution in [0.3, 0.4) is 0 Å². The van der Waals surface area contributed by atoms with Crippen LogP contribution in [0.15, 0.2) is 11.6 Å². The molecule has 1 rings (SSSR count). The molecule has 0 aliphatic carbocycles. The summed E-state index contributed by atoms with van der Waals surface area (Å²) in [6.07, 6.45) is 4.10. The van der Waals surface area contributed by atoms with Gasteiger partial charge in [-0.2, -0.15) is 0 Å². The van der Waals surface area contributed by atoms with Crippen LogP contribution < -0.4 is 5.32 Å². The second kappa shape index (κ2) is 7.53. The average Bonchev–Trinajstić information content (AvgIpc) is 2.40. The lowest BCUT2D eigenvalue weighted by Crippen LogP contribution is -2.64. The monoisotopic (exact) mass is 286 g/mol. The Balaban J connectivity index is 2.96. The van der Waals surface area contributed by atoms with E-state index in [2.05, 4.69) is 5.32 Å². The molecule has 2 amide bonds. The Morgan fingerprint density at radius 3 is 2.63 bits per heavy atom. The zero-order chi connectivity index (χ0) is 14.4. The maximum absolute atomic E-state index is 12.4. The number of carbonyl (C=O) groups excluding carboxylic acids is 2. The number of rotatable bonds is 6. The maximum Gasteiger partial charge on any atom is 0.246 e. The van der Waals surface area contributed by atoms with Gasteiger partial charge in [0, 0.05) is 12.1 Å². The van der Waals surface area contributed by atoms with Gasteiger partial charge in [0.25, 0.3) is 0 Å². The van der Waals surface area contributed by atoms with Gasteiger partial charge in [-0.1, -0.05) is 51.3 Å². The standard InChI is InChI=1S/C14H23ClN2O2/c1-4-7-11-14(19)17(9-6-8-15)12(10(3)5-2)13(18)16-11/h6,8,10-12H,4-5,7,9H2,1-3H3,(H,16,18)/b8-6+. The zero-order valence-corrected chi connectivity index (χ0v) is 12.6. The third-order valence-electron chi connectivity index (χ3n) is 3.65. The third-order valence-corrected chi connectivity index (χ3v) is 3.83. The van der Waals surface area contributed by atoms with Crippen LogP contribution in [0, 0.1) is 5.92 Å². The van der Waals surface area contributed by atoms with Crippen LogP contribution in [0.1, 0.15) is 40.0 Å². The van der Waals surface area contributed by atoms with E-state index in [-0.39, 0.29) is 23.8 Å². The van der Waals surface area contributed by atoms with Gasteiger partial charge >= 0.3 is 0 Å². The van der Waals surface area contributed by atoms with E-state index in [1.807, 2.05) is 20.8 Å². The minimum absolute atomic E-state index is 0.00140. The molecule has 0 aromatic rings. The van der Waals surface area contributed by atoms with E-state index in [1.54, 1.807) is 11.0 Å². The van der Waals surface area contributed by atoms with E-state index < -0.39 is 6.04 Å². The summed E-state index contributed by atoms with van der Waals surface area (Å²) in [4.78, 5) is 26.3. The molecule has 0 bridgehead atoms. The van der Waals surface area contributed by atoms with Crippen molar-refractivity contribution in [1.82, 2.24) is 10.2 Å². The Kier molecular flexibility index (Phi) is 6.35. The van der Waals surface area contributed by atoms with Gasteiger partial charge in [-0.05, 0) is 12.3 Å². The minimum Gasteiger partial charge on any atom is -0.342 e. The van der Waals surface area contributed by atoms with Gasteiger partial charge in [0.2, 0.25) is 11.8 Å². The minimum atomic E-state index is -0.390. The van der Waals surface area contributed by atoms with E-state index in [0.29, 0.717) is 13.0 Å². The normalized spacial score (nSPS) is 25.8. The fourth-order valence-corrected chi connectivity index (χ4v) is 2.51. The number of hydrogen-bond donors (Lipinski definition) is 1. The van der Waals surface area contributed by atoms with E-state index in [1.165, 1.54) is 5.54 Å². The van der Waals surface area contributed by atoms with Crippen LogP contribution in [-0.2, 0) is 9.59 Å². The molecule has 1 fully saturated rings. The Hall–Kier alpha value is -1.03. The Morgan fingerprint density at radius 1 is 1.42 bits per heavy atom. The molecule has 108 valence electrons. The molecule has 3 atom stereocenters. The summed E-state index contributed by atoms with van der Waals surface area (Å²) in [7, 11) is 0. The summed E-state index contributed by atoms with van der Waals surface area (Å²) in [6.45, 7) is 6.42. The quantitative estimate of drug-likeness (QED) is 0.814. The summed E-state index contributed by atoms with van der Waals surface area (Å²) in [6, 6.07) is -0.778. The molecule has 0 aromatic carbocycles. The number of nitrogens with one attached hydrogen (secondary N) is 1. The Morgan fingerprint density at radius 2 is 2.11 bits per heavy atom. The molecule has 4 nitrogen and oxygen atoms in total. The Bertz CT molecular complexity index is 357. The maximum atomic E-state index is 12.4. The van der Waals surface area contributed by atoms with E-state index in [4.69, 9.17) is 11.6 Å². The molecule has 0 radical (unpaired) electrons. The summed E-state index contributed by atoms with van der Waals surface area (Å²) in [5.74, 6) is 0.0899. The van der Waals surface area contributed by atoms with Gasteiger partial charge in [-0.15, -0.1) is 0 Å². The van der Waals surface area contributed by atoms with Crippen LogP contribution in [0.4, 0.5) is 0 Å². The fraction of sp³-hybridized carbons (Fsp3) is 0.714. The van der Waals surface area contributed by atoms with Crippen LogP contribution in [-0.4, -0.2) is 35.3 Å². The highest BCUT2D eigenvalue weighted by Crippen LogP contribution is 2.21. The van der Waals surface area contributed by atoms with Crippen molar-refractivity contribution in [2.24, 2.45) is 5.92 Å². The molecular weight excluding hydrogens is 264 g/mol. The van der Waals surface area contributed by atoms with Gasteiger partial charge in [-0.25, -0.2) is 0 Å². The highest BCUT2D eigenvalue weighted by atomic mass is 35.5. The number of hydrogen-bond acceptors (Lipinski definition) is 2. The smallest absolute Gasteiger partial charge is 0.246 e. The number of halogens is 1. The molecule has 1 aliphatic heterocycles. The number of piperazine rings is 1. The summed E-state index contributed by atoms with van der Waals surface area (Å²) < 4.78 is 0. The van der Waals surface area contributed by atoms with Gasteiger partial charge in [-0.3, -0.25) is 9.59 Å². The first-order valence-electron chi connectivity index (χ1n) is 6.92. The van der Waals surface area contributed by atoms with Crippen molar-refractivity contribution in [2.45, 2.75) is 52.1 Å². The molecule has 0 spiro atoms. The molecule has 1 aliphatic rings. The van der Waals surface area contributed by atoms with Crippen molar-refractivity contribution in [3.63, 3.8) is 0 Å². The lowest BCUT2D eigenvalue weighted by Gasteiger charge is -2.41. The topological polar surface area (TPSA) is 49.4 Å². The van der Waals surface area contributed by atoms with Crippen molar-refractivity contribution in [3.8, 4) is 0 Å². The molecule has 0 saturated carbocycles. The average molecular weight is 287 g/mol. The number of carbonyl (C=O) groups is 2.